The maximum absolute atomic E-state index is 12.7. The zero-order valence-corrected chi connectivity index (χ0v) is 13.4. The molecule has 0 aliphatic rings. The normalized spacial score (nSPS) is 10.9. The van der Waals surface area contributed by atoms with E-state index in [1.165, 1.54) is 0 Å². The molecule has 0 atom stereocenters. The number of pyridine rings is 1. The van der Waals surface area contributed by atoms with Gasteiger partial charge in [0.1, 0.15) is 5.75 Å². The minimum atomic E-state index is -0.110. The molecule has 4 aromatic rings. The van der Waals surface area contributed by atoms with Crippen LogP contribution in [-0.2, 0) is 0 Å². The first-order valence-electron chi connectivity index (χ1n) is 7.99. The predicted molar refractivity (Wildman–Crippen MR) is 98.3 cm³/mol. The van der Waals surface area contributed by atoms with E-state index in [1.807, 2.05) is 36.4 Å². The molecule has 4 heteroatoms. The topological polar surface area (TPSA) is 59.2 Å². The van der Waals surface area contributed by atoms with Crippen LogP contribution < -0.4 is 10.2 Å². The number of ketones is 1. The van der Waals surface area contributed by atoms with Crippen molar-refractivity contribution in [1.82, 2.24) is 4.98 Å². The van der Waals surface area contributed by atoms with Gasteiger partial charge in [-0.15, -0.1) is 0 Å². The van der Waals surface area contributed by atoms with Gasteiger partial charge >= 0.3 is 0 Å². The number of hydrogen-bond acceptors (Lipinski definition) is 3. The van der Waals surface area contributed by atoms with Crippen LogP contribution in [-0.4, -0.2) is 17.4 Å². The van der Waals surface area contributed by atoms with Crippen LogP contribution in [0, 0.1) is 0 Å². The maximum atomic E-state index is 12.7. The SMILES string of the molecule is O=C(COc1cccc2c(=O)c3ccccc3[nH]c12)c1ccccc1. The summed E-state index contributed by atoms with van der Waals surface area (Å²) in [6, 6.07) is 21.6. The molecule has 0 bridgehead atoms. The zero-order valence-electron chi connectivity index (χ0n) is 13.4. The van der Waals surface area contributed by atoms with Crippen molar-refractivity contribution in [1.29, 1.82) is 0 Å². The molecule has 0 aliphatic heterocycles. The van der Waals surface area contributed by atoms with Crippen molar-refractivity contribution in [3.8, 4) is 5.75 Å². The summed E-state index contributed by atoms with van der Waals surface area (Å²) >= 11 is 0. The number of ether oxygens (including phenoxy) is 1. The summed E-state index contributed by atoms with van der Waals surface area (Å²) in [5.41, 5.74) is 1.89. The number of fused-ring (bicyclic) bond motifs is 2. The number of hydrogen-bond donors (Lipinski definition) is 1. The summed E-state index contributed by atoms with van der Waals surface area (Å²) in [6.07, 6.45) is 0. The van der Waals surface area contributed by atoms with Crippen LogP contribution in [0.5, 0.6) is 5.75 Å². The van der Waals surface area contributed by atoms with E-state index in [0.717, 1.165) is 5.52 Å². The standard InChI is InChI=1S/C21H15NO3/c23-18(14-7-2-1-3-8-14)13-25-19-12-6-10-16-20(19)22-17-11-5-4-9-15(17)21(16)24/h1-12H,13H2,(H,22,24). The molecule has 122 valence electrons. The van der Waals surface area contributed by atoms with Crippen LogP contribution in [0.25, 0.3) is 21.8 Å². The highest BCUT2D eigenvalue weighted by atomic mass is 16.5. The largest absolute Gasteiger partial charge is 0.483 e. The van der Waals surface area contributed by atoms with Gasteiger partial charge in [-0.3, -0.25) is 9.59 Å². The number of H-pyrrole nitrogens is 1. The first kappa shape index (κ1) is 15.1. The van der Waals surface area contributed by atoms with E-state index >= 15 is 0 Å². The van der Waals surface area contributed by atoms with Gasteiger partial charge < -0.3 is 9.72 Å². The molecule has 0 aliphatic carbocycles. The first-order valence-corrected chi connectivity index (χ1v) is 7.99. The van der Waals surface area contributed by atoms with Crippen molar-refractivity contribution in [2.75, 3.05) is 6.61 Å². The van der Waals surface area contributed by atoms with Gasteiger partial charge in [-0.1, -0.05) is 48.5 Å². The Hall–Kier alpha value is -3.40. The van der Waals surface area contributed by atoms with Crippen molar-refractivity contribution in [3.63, 3.8) is 0 Å². The Bertz CT molecular complexity index is 1130. The van der Waals surface area contributed by atoms with E-state index in [0.29, 0.717) is 27.6 Å². The molecule has 1 heterocycles. The third-order valence-corrected chi connectivity index (χ3v) is 4.16. The Kier molecular flexibility index (Phi) is 3.78. The van der Waals surface area contributed by atoms with Gasteiger partial charge in [0, 0.05) is 21.9 Å². The second-order valence-corrected chi connectivity index (χ2v) is 5.76. The molecule has 4 rings (SSSR count). The van der Waals surface area contributed by atoms with Crippen molar-refractivity contribution in [3.05, 3.63) is 88.6 Å². The number of Topliss-reactive ketones (excluding diaryl/α,β-unsaturated/α-hetero) is 1. The summed E-state index contributed by atoms with van der Waals surface area (Å²) in [4.78, 5) is 28.1. The number of para-hydroxylation sites is 2. The third-order valence-electron chi connectivity index (χ3n) is 4.16. The molecule has 4 nitrogen and oxygen atoms in total. The van der Waals surface area contributed by atoms with Gasteiger partial charge in [-0.2, -0.15) is 0 Å². The van der Waals surface area contributed by atoms with Crippen molar-refractivity contribution < 1.29 is 9.53 Å². The van der Waals surface area contributed by atoms with E-state index in [4.69, 9.17) is 4.74 Å². The van der Waals surface area contributed by atoms with Crippen LogP contribution in [0.1, 0.15) is 10.4 Å². The summed E-state index contributed by atoms with van der Waals surface area (Å²) in [5.74, 6) is 0.380. The monoisotopic (exact) mass is 329 g/mol. The fraction of sp³-hybridized carbons (Fsp3) is 0.0476. The average Bonchev–Trinajstić information content (AvgIpc) is 2.67. The van der Waals surface area contributed by atoms with Gasteiger partial charge in [0.05, 0.1) is 5.52 Å². The van der Waals surface area contributed by atoms with E-state index in [2.05, 4.69) is 4.98 Å². The van der Waals surface area contributed by atoms with Crippen LogP contribution >= 0.6 is 0 Å². The molecule has 1 N–H and O–H groups in total. The molecular weight excluding hydrogens is 314 g/mol. The molecular formula is C21H15NO3. The lowest BCUT2D eigenvalue weighted by Crippen LogP contribution is -2.12. The van der Waals surface area contributed by atoms with Gasteiger partial charge in [0.2, 0.25) is 0 Å². The van der Waals surface area contributed by atoms with Crippen LogP contribution in [0.2, 0.25) is 0 Å². The molecule has 0 saturated heterocycles. The van der Waals surface area contributed by atoms with Gasteiger partial charge in [-0.05, 0) is 24.3 Å². The van der Waals surface area contributed by atoms with Gasteiger partial charge in [-0.25, -0.2) is 0 Å². The Morgan fingerprint density at radius 1 is 0.840 bits per heavy atom. The second kappa shape index (κ2) is 6.24. The lowest BCUT2D eigenvalue weighted by molar-refractivity contribution is 0.0922. The summed E-state index contributed by atoms with van der Waals surface area (Å²) in [7, 11) is 0. The Labute approximate surface area is 143 Å². The van der Waals surface area contributed by atoms with Crippen molar-refractivity contribution >= 4 is 27.6 Å². The van der Waals surface area contributed by atoms with E-state index in [1.54, 1.807) is 36.4 Å². The van der Waals surface area contributed by atoms with Gasteiger partial charge in [0.25, 0.3) is 0 Å². The number of nitrogens with one attached hydrogen (secondary N) is 1. The highest BCUT2D eigenvalue weighted by Gasteiger charge is 2.11. The zero-order chi connectivity index (χ0) is 17.2. The molecule has 0 saturated carbocycles. The number of aromatic amines is 1. The molecule has 0 spiro atoms. The molecule has 0 amide bonds. The van der Waals surface area contributed by atoms with Crippen LogP contribution in [0.15, 0.2) is 77.6 Å². The molecule has 1 aromatic heterocycles. The fourth-order valence-corrected chi connectivity index (χ4v) is 2.89. The third kappa shape index (κ3) is 2.78. The van der Waals surface area contributed by atoms with Crippen LogP contribution in [0.3, 0.4) is 0 Å². The molecule has 3 aromatic carbocycles. The molecule has 25 heavy (non-hydrogen) atoms. The Morgan fingerprint density at radius 2 is 1.56 bits per heavy atom. The number of carbonyl (C=O) groups is 1. The fourth-order valence-electron chi connectivity index (χ4n) is 2.89. The highest BCUT2D eigenvalue weighted by molar-refractivity contribution is 5.98. The maximum Gasteiger partial charge on any atom is 0.200 e. The lowest BCUT2D eigenvalue weighted by Gasteiger charge is -2.10. The average molecular weight is 329 g/mol. The van der Waals surface area contributed by atoms with E-state index in [-0.39, 0.29) is 17.8 Å². The predicted octanol–water partition coefficient (Wildman–Crippen LogP) is 3.94. The number of carbonyl (C=O) groups excluding carboxylic acids is 1. The lowest BCUT2D eigenvalue weighted by atomic mass is 10.1. The van der Waals surface area contributed by atoms with Crippen molar-refractivity contribution in [2.24, 2.45) is 0 Å². The summed E-state index contributed by atoms with van der Waals surface area (Å²) in [6.45, 7) is -0.0853. The minimum absolute atomic E-state index is 0.0517. The molecule has 0 fully saturated rings. The molecule has 0 radical (unpaired) electrons. The highest BCUT2D eigenvalue weighted by Crippen LogP contribution is 2.24. The van der Waals surface area contributed by atoms with Crippen molar-refractivity contribution in [2.45, 2.75) is 0 Å². The Balaban J connectivity index is 1.73. The summed E-state index contributed by atoms with van der Waals surface area (Å²) in [5, 5.41) is 1.18. The van der Waals surface area contributed by atoms with E-state index in [9.17, 15) is 9.59 Å². The quantitative estimate of drug-likeness (QED) is 0.456. The van der Waals surface area contributed by atoms with Gasteiger partial charge in [0.15, 0.2) is 17.8 Å². The Morgan fingerprint density at radius 3 is 2.40 bits per heavy atom. The minimum Gasteiger partial charge on any atom is -0.483 e. The number of benzene rings is 3. The first-order chi connectivity index (χ1) is 12.2. The van der Waals surface area contributed by atoms with E-state index < -0.39 is 0 Å². The molecule has 0 unspecified atom stereocenters. The smallest absolute Gasteiger partial charge is 0.200 e. The number of aromatic nitrogens is 1. The number of rotatable bonds is 4. The van der Waals surface area contributed by atoms with Crippen LogP contribution in [0.4, 0.5) is 0 Å². The summed E-state index contributed by atoms with van der Waals surface area (Å²) < 4.78 is 5.72. The second-order valence-electron chi connectivity index (χ2n) is 5.76.